The Labute approximate surface area is 103 Å². The molecule has 2 rings (SSSR count). The maximum absolute atomic E-state index is 11.8. The quantitative estimate of drug-likeness (QED) is 0.841. The number of amides is 1. The van der Waals surface area contributed by atoms with Gasteiger partial charge in [-0.1, -0.05) is 30.3 Å². The molecule has 1 heterocycles. The molecule has 1 amide bonds. The van der Waals surface area contributed by atoms with Crippen LogP contribution in [0.1, 0.15) is 10.9 Å². The number of rotatable bonds is 3. The Balaban J connectivity index is 2.06. The number of alkyl halides is 1. The van der Waals surface area contributed by atoms with E-state index in [0.717, 1.165) is 5.56 Å². The van der Waals surface area contributed by atoms with Crippen molar-refractivity contribution in [3.05, 3.63) is 48.3 Å². The van der Waals surface area contributed by atoms with Crippen LogP contribution in [0.3, 0.4) is 0 Å². The van der Waals surface area contributed by atoms with Crippen molar-refractivity contribution in [2.75, 3.05) is 5.32 Å². The summed E-state index contributed by atoms with van der Waals surface area (Å²) in [5, 5.41) is 8.95. The minimum atomic E-state index is -0.778. The number of carbonyl (C=O) groups is 1. The Morgan fingerprint density at radius 2 is 2.00 bits per heavy atom. The van der Waals surface area contributed by atoms with Crippen molar-refractivity contribution in [2.24, 2.45) is 0 Å². The van der Waals surface area contributed by atoms with Crippen molar-refractivity contribution in [3.63, 3.8) is 0 Å². The van der Waals surface area contributed by atoms with Crippen molar-refractivity contribution in [3.8, 4) is 0 Å². The van der Waals surface area contributed by atoms with Crippen LogP contribution in [0.25, 0.3) is 0 Å². The van der Waals surface area contributed by atoms with Crippen LogP contribution >= 0.6 is 11.6 Å². The van der Waals surface area contributed by atoms with E-state index in [0.29, 0.717) is 0 Å². The first kappa shape index (κ1) is 11.5. The predicted octanol–water partition coefficient (Wildman–Crippen LogP) is 1.79. The molecule has 1 aromatic carbocycles. The number of halogens is 1. The Hall–Kier alpha value is -2.01. The van der Waals surface area contributed by atoms with Gasteiger partial charge in [-0.05, 0) is 5.56 Å². The average molecular weight is 249 g/mol. The fraction of sp³-hybridized carbons (Fsp3) is 0.0909. The fourth-order valence-corrected chi connectivity index (χ4v) is 1.45. The zero-order chi connectivity index (χ0) is 12.1. The van der Waals surface area contributed by atoms with Crippen LogP contribution in [-0.2, 0) is 4.79 Å². The van der Waals surface area contributed by atoms with E-state index in [1.165, 1.54) is 12.4 Å². The summed E-state index contributed by atoms with van der Waals surface area (Å²) >= 11 is 6.02. The van der Waals surface area contributed by atoms with Gasteiger partial charge < -0.3 is 0 Å². The van der Waals surface area contributed by atoms with Crippen LogP contribution in [0, 0.1) is 0 Å². The van der Waals surface area contributed by atoms with Crippen LogP contribution in [0.2, 0.25) is 0 Å². The van der Waals surface area contributed by atoms with Crippen LogP contribution in [0.5, 0.6) is 0 Å². The summed E-state index contributed by atoms with van der Waals surface area (Å²) in [6.45, 7) is 0. The van der Waals surface area contributed by atoms with E-state index in [1.807, 2.05) is 18.2 Å². The summed E-state index contributed by atoms with van der Waals surface area (Å²) in [5.74, 6) is -0.245. The normalized spacial score (nSPS) is 11.8. The van der Waals surface area contributed by atoms with E-state index in [1.54, 1.807) is 12.1 Å². The van der Waals surface area contributed by atoms with E-state index < -0.39 is 5.38 Å². The van der Waals surface area contributed by atoms with Gasteiger partial charge in [0.25, 0.3) is 0 Å². The van der Waals surface area contributed by atoms with Gasteiger partial charge in [-0.15, -0.1) is 16.7 Å². The first-order chi connectivity index (χ1) is 8.27. The topological polar surface area (TPSA) is 67.8 Å². The van der Waals surface area contributed by atoms with E-state index in [4.69, 9.17) is 11.6 Å². The molecule has 17 heavy (non-hydrogen) atoms. The SMILES string of the molecule is O=C(Nc1nccnn1)C(Cl)c1ccccc1. The molecule has 5 nitrogen and oxygen atoms in total. The molecule has 1 unspecified atom stereocenters. The van der Waals surface area contributed by atoms with Gasteiger partial charge in [-0.3, -0.25) is 10.1 Å². The highest BCUT2D eigenvalue weighted by atomic mass is 35.5. The van der Waals surface area contributed by atoms with E-state index in [2.05, 4.69) is 20.5 Å². The number of nitrogens with zero attached hydrogens (tertiary/aromatic N) is 3. The fourth-order valence-electron chi connectivity index (χ4n) is 1.25. The minimum absolute atomic E-state index is 0.138. The number of hydrogen-bond donors (Lipinski definition) is 1. The zero-order valence-electron chi connectivity index (χ0n) is 8.75. The standard InChI is InChI=1S/C11H9ClN4O/c12-9(8-4-2-1-3-5-8)10(17)15-11-13-6-7-14-16-11/h1-7,9H,(H,13,15,16,17). The molecule has 0 bridgehead atoms. The Morgan fingerprint density at radius 1 is 1.24 bits per heavy atom. The summed E-state index contributed by atoms with van der Waals surface area (Å²) in [5.41, 5.74) is 0.718. The van der Waals surface area contributed by atoms with Gasteiger partial charge in [-0.2, -0.15) is 5.10 Å². The summed E-state index contributed by atoms with van der Waals surface area (Å²) in [6, 6.07) is 9.05. The molecule has 0 spiro atoms. The van der Waals surface area contributed by atoms with Crippen LogP contribution in [0.4, 0.5) is 5.95 Å². The Bertz CT molecular complexity index is 491. The number of benzene rings is 1. The number of anilines is 1. The number of hydrogen-bond acceptors (Lipinski definition) is 4. The third kappa shape index (κ3) is 2.98. The van der Waals surface area contributed by atoms with Gasteiger partial charge >= 0.3 is 0 Å². The molecule has 1 aromatic heterocycles. The van der Waals surface area contributed by atoms with Gasteiger partial charge in [0, 0.05) is 0 Å². The van der Waals surface area contributed by atoms with Gasteiger partial charge in [0.2, 0.25) is 11.9 Å². The molecule has 0 aliphatic heterocycles. The molecular formula is C11H9ClN4O. The van der Waals surface area contributed by atoms with Gasteiger partial charge in [-0.25, -0.2) is 4.98 Å². The van der Waals surface area contributed by atoms with Crippen LogP contribution < -0.4 is 5.32 Å². The molecule has 1 N–H and O–H groups in total. The lowest BCUT2D eigenvalue weighted by Crippen LogP contribution is -2.19. The molecule has 0 fully saturated rings. The van der Waals surface area contributed by atoms with Crippen molar-refractivity contribution in [1.82, 2.24) is 15.2 Å². The van der Waals surface area contributed by atoms with Crippen molar-refractivity contribution >= 4 is 23.5 Å². The number of aromatic nitrogens is 3. The molecule has 0 aliphatic rings. The van der Waals surface area contributed by atoms with Gasteiger partial charge in [0.05, 0.1) is 12.4 Å². The molecule has 0 saturated carbocycles. The lowest BCUT2D eigenvalue weighted by Gasteiger charge is -2.08. The average Bonchev–Trinajstić information content (AvgIpc) is 2.40. The van der Waals surface area contributed by atoms with Crippen molar-refractivity contribution < 1.29 is 4.79 Å². The molecule has 2 aromatic rings. The molecule has 86 valence electrons. The molecule has 0 radical (unpaired) electrons. The van der Waals surface area contributed by atoms with Crippen LogP contribution in [0.15, 0.2) is 42.7 Å². The largest absolute Gasteiger partial charge is 0.292 e. The first-order valence-corrected chi connectivity index (χ1v) is 5.34. The summed E-state index contributed by atoms with van der Waals surface area (Å²) in [7, 11) is 0. The number of nitrogens with one attached hydrogen (secondary N) is 1. The highest BCUT2D eigenvalue weighted by Crippen LogP contribution is 2.20. The Kier molecular flexibility index (Phi) is 3.62. The van der Waals surface area contributed by atoms with E-state index in [9.17, 15) is 4.79 Å². The van der Waals surface area contributed by atoms with Gasteiger partial charge in [0.1, 0.15) is 5.38 Å². The maximum atomic E-state index is 11.8. The number of carbonyl (C=O) groups excluding carboxylic acids is 1. The monoisotopic (exact) mass is 248 g/mol. The smallest absolute Gasteiger partial charge is 0.249 e. The molecular weight excluding hydrogens is 240 g/mol. The van der Waals surface area contributed by atoms with Gasteiger partial charge in [0.15, 0.2) is 0 Å². The van der Waals surface area contributed by atoms with Crippen molar-refractivity contribution in [1.29, 1.82) is 0 Å². The summed E-state index contributed by atoms with van der Waals surface area (Å²) in [6.07, 6.45) is 2.86. The maximum Gasteiger partial charge on any atom is 0.249 e. The zero-order valence-corrected chi connectivity index (χ0v) is 9.50. The molecule has 0 aliphatic carbocycles. The molecule has 0 saturated heterocycles. The highest BCUT2D eigenvalue weighted by Gasteiger charge is 2.18. The first-order valence-electron chi connectivity index (χ1n) is 4.91. The van der Waals surface area contributed by atoms with E-state index >= 15 is 0 Å². The predicted molar refractivity (Wildman–Crippen MR) is 63.5 cm³/mol. The summed E-state index contributed by atoms with van der Waals surface area (Å²) < 4.78 is 0. The molecule has 6 heteroatoms. The van der Waals surface area contributed by atoms with Crippen LogP contribution in [-0.4, -0.2) is 21.1 Å². The second-order valence-corrected chi connectivity index (χ2v) is 3.67. The summed E-state index contributed by atoms with van der Waals surface area (Å²) in [4.78, 5) is 15.6. The Morgan fingerprint density at radius 3 is 2.65 bits per heavy atom. The lowest BCUT2D eigenvalue weighted by molar-refractivity contribution is -0.116. The highest BCUT2D eigenvalue weighted by molar-refractivity contribution is 6.32. The van der Waals surface area contributed by atoms with E-state index in [-0.39, 0.29) is 11.9 Å². The minimum Gasteiger partial charge on any atom is -0.292 e. The second-order valence-electron chi connectivity index (χ2n) is 3.23. The third-order valence-corrected chi connectivity index (χ3v) is 2.49. The lowest BCUT2D eigenvalue weighted by atomic mass is 10.1. The van der Waals surface area contributed by atoms with Crippen molar-refractivity contribution in [2.45, 2.75) is 5.38 Å². The molecule has 1 atom stereocenters. The third-order valence-electron chi connectivity index (χ3n) is 2.04. The second kappa shape index (κ2) is 5.36.